The van der Waals surface area contributed by atoms with Gasteiger partial charge < -0.3 is 15.1 Å². The first-order valence-corrected chi connectivity index (χ1v) is 6.38. The maximum Gasteiger partial charge on any atom is 0.0221 e. The van der Waals surface area contributed by atoms with Crippen LogP contribution in [-0.4, -0.2) is 62.2 Å². The molecule has 0 aromatic rings. The van der Waals surface area contributed by atoms with Crippen molar-refractivity contribution in [3.05, 3.63) is 0 Å². The van der Waals surface area contributed by atoms with Crippen molar-refractivity contribution in [1.29, 1.82) is 0 Å². The van der Waals surface area contributed by atoms with Crippen molar-refractivity contribution in [2.24, 2.45) is 0 Å². The molecule has 2 heterocycles. The number of hydrogen-bond acceptors (Lipinski definition) is 3. The summed E-state index contributed by atoms with van der Waals surface area (Å²) in [5.41, 5.74) is 0. The van der Waals surface area contributed by atoms with Gasteiger partial charge in [0.1, 0.15) is 0 Å². The second-order valence-corrected chi connectivity index (χ2v) is 5.29. The van der Waals surface area contributed by atoms with Gasteiger partial charge in [0.15, 0.2) is 0 Å². The zero-order valence-electron chi connectivity index (χ0n) is 10.2. The van der Waals surface area contributed by atoms with E-state index in [0.29, 0.717) is 0 Å². The van der Waals surface area contributed by atoms with Crippen molar-refractivity contribution in [1.82, 2.24) is 15.1 Å². The van der Waals surface area contributed by atoms with E-state index in [0.717, 1.165) is 12.1 Å². The molecule has 1 N–H and O–H groups in total. The van der Waals surface area contributed by atoms with Crippen LogP contribution in [0, 0.1) is 0 Å². The van der Waals surface area contributed by atoms with Crippen LogP contribution in [0.15, 0.2) is 0 Å². The molecule has 0 spiro atoms. The molecule has 3 heteroatoms. The Hall–Kier alpha value is -0.120. The minimum Gasteiger partial charge on any atom is -0.313 e. The highest BCUT2D eigenvalue weighted by molar-refractivity contribution is 4.82. The molecule has 2 atom stereocenters. The normalized spacial score (nSPS) is 33.8. The summed E-state index contributed by atoms with van der Waals surface area (Å²) in [5.74, 6) is 0. The Kier molecular flexibility index (Phi) is 4.00. The second-order valence-electron chi connectivity index (χ2n) is 5.29. The van der Waals surface area contributed by atoms with Gasteiger partial charge in [-0.1, -0.05) is 0 Å². The Labute approximate surface area is 93.8 Å². The fourth-order valence-electron chi connectivity index (χ4n) is 2.91. The zero-order valence-corrected chi connectivity index (χ0v) is 10.2. The molecule has 88 valence electrons. The monoisotopic (exact) mass is 211 g/mol. The van der Waals surface area contributed by atoms with Crippen molar-refractivity contribution < 1.29 is 0 Å². The van der Waals surface area contributed by atoms with Crippen LogP contribution in [0.25, 0.3) is 0 Å². The highest BCUT2D eigenvalue weighted by Crippen LogP contribution is 2.15. The van der Waals surface area contributed by atoms with Crippen LogP contribution in [0.4, 0.5) is 0 Å². The van der Waals surface area contributed by atoms with Crippen LogP contribution in [-0.2, 0) is 0 Å². The van der Waals surface area contributed by atoms with Crippen LogP contribution >= 0.6 is 0 Å². The van der Waals surface area contributed by atoms with E-state index in [1.54, 1.807) is 0 Å². The van der Waals surface area contributed by atoms with Crippen LogP contribution in [0.1, 0.15) is 25.7 Å². The van der Waals surface area contributed by atoms with Gasteiger partial charge in [-0.05, 0) is 52.9 Å². The summed E-state index contributed by atoms with van der Waals surface area (Å²) in [5, 5.41) is 3.58. The minimum atomic E-state index is 0.752. The third kappa shape index (κ3) is 3.16. The average molecular weight is 211 g/mol. The smallest absolute Gasteiger partial charge is 0.0221 e. The molecule has 2 rings (SSSR count). The van der Waals surface area contributed by atoms with Crippen molar-refractivity contribution in [3.63, 3.8) is 0 Å². The molecule has 0 bridgehead atoms. The van der Waals surface area contributed by atoms with E-state index >= 15 is 0 Å². The molecule has 0 aliphatic carbocycles. The van der Waals surface area contributed by atoms with Gasteiger partial charge in [-0.2, -0.15) is 0 Å². The summed E-state index contributed by atoms with van der Waals surface area (Å²) in [4.78, 5) is 5.03. The molecule has 2 aliphatic heterocycles. The fraction of sp³-hybridized carbons (Fsp3) is 1.00. The lowest BCUT2D eigenvalue weighted by Crippen LogP contribution is -2.48. The maximum atomic E-state index is 3.58. The van der Waals surface area contributed by atoms with Crippen LogP contribution < -0.4 is 5.32 Å². The molecule has 15 heavy (non-hydrogen) atoms. The standard InChI is InChI=1S/C12H25N3/c1-14-8-4-6-12(10-14)15(2)9-11-5-3-7-13-11/h11-13H,3-10H2,1-2H3/t11-,12?/m1/s1. The van der Waals surface area contributed by atoms with Crippen molar-refractivity contribution in [2.45, 2.75) is 37.8 Å². The summed E-state index contributed by atoms with van der Waals surface area (Å²) in [7, 11) is 4.54. The van der Waals surface area contributed by atoms with E-state index in [2.05, 4.69) is 29.2 Å². The van der Waals surface area contributed by atoms with Gasteiger partial charge in [0.25, 0.3) is 0 Å². The van der Waals surface area contributed by atoms with E-state index < -0.39 is 0 Å². The first-order chi connectivity index (χ1) is 7.25. The van der Waals surface area contributed by atoms with Gasteiger partial charge >= 0.3 is 0 Å². The van der Waals surface area contributed by atoms with E-state index in [1.807, 2.05) is 0 Å². The first-order valence-electron chi connectivity index (χ1n) is 6.38. The van der Waals surface area contributed by atoms with Gasteiger partial charge in [-0.3, -0.25) is 0 Å². The molecule has 0 aromatic heterocycles. The minimum absolute atomic E-state index is 0.752. The molecule has 0 saturated carbocycles. The molecular weight excluding hydrogens is 186 g/mol. The Morgan fingerprint density at radius 2 is 2.20 bits per heavy atom. The largest absolute Gasteiger partial charge is 0.313 e. The number of likely N-dealkylation sites (tertiary alicyclic amines) is 1. The number of nitrogens with zero attached hydrogens (tertiary/aromatic N) is 2. The van der Waals surface area contributed by atoms with Crippen LogP contribution in [0.5, 0.6) is 0 Å². The number of hydrogen-bond donors (Lipinski definition) is 1. The summed E-state index contributed by atoms with van der Waals surface area (Å²) in [6, 6.07) is 1.54. The van der Waals surface area contributed by atoms with E-state index in [9.17, 15) is 0 Å². The molecule has 0 radical (unpaired) electrons. The van der Waals surface area contributed by atoms with E-state index in [-0.39, 0.29) is 0 Å². The molecule has 2 aliphatic rings. The van der Waals surface area contributed by atoms with Crippen molar-refractivity contribution in [3.8, 4) is 0 Å². The van der Waals surface area contributed by atoms with Gasteiger partial charge in [0.05, 0.1) is 0 Å². The lowest BCUT2D eigenvalue weighted by molar-refractivity contribution is 0.127. The summed E-state index contributed by atoms with van der Waals surface area (Å²) in [6.45, 7) is 5.00. The SMILES string of the molecule is CN1CCCC(N(C)C[C@H]2CCCN2)C1. The second kappa shape index (κ2) is 5.28. The highest BCUT2D eigenvalue weighted by atomic mass is 15.2. The third-order valence-electron chi connectivity index (χ3n) is 3.89. The van der Waals surface area contributed by atoms with Gasteiger partial charge in [-0.15, -0.1) is 0 Å². The predicted molar refractivity (Wildman–Crippen MR) is 64.2 cm³/mol. The Morgan fingerprint density at radius 3 is 2.87 bits per heavy atom. The Bertz CT molecular complexity index is 189. The van der Waals surface area contributed by atoms with Gasteiger partial charge in [0, 0.05) is 25.2 Å². The molecule has 3 nitrogen and oxygen atoms in total. The highest BCUT2D eigenvalue weighted by Gasteiger charge is 2.24. The molecule has 0 aromatic carbocycles. The van der Waals surface area contributed by atoms with E-state index in [1.165, 1.54) is 51.9 Å². The average Bonchev–Trinajstić information content (AvgIpc) is 2.70. The molecule has 2 saturated heterocycles. The lowest BCUT2D eigenvalue weighted by Gasteiger charge is -2.37. The molecule has 1 unspecified atom stereocenters. The summed E-state index contributed by atoms with van der Waals surface area (Å²) < 4.78 is 0. The molecular formula is C12H25N3. The fourth-order valence-corrected chi connectivity index (χ4v) is 2.91. The number of likely N-dealkylation sites (N-methyl/N-ethyl adjacent to an activating group) is 2. The topological polar surface area (TPSA) is 18.5 Å². The third-order valence-corrected chi connectivity index (χ3v) is 3.89. The number of nitrogens with one attached hydrogen (secondary N) is 1. The van der Waals surface area contributed by atoms with Crippen LogP contribution in [0.2, 0.25) is 0 Å². The first kappa shape index (κ1) is 11.4. The number of rotatable bonds is 3. The van der Waals surface area contributed by atoms with Crippen molar-refractivity contribution in [2.75, 3.05) is 40.3 Å². The van der Waals surface area contributed by atoms with Crippen molar-refractivity contribution >= 4 is 0 Å². The molecule has 0 amide bonds. The summed E-state index contributed by atoms with van der Waals surface area (Å²) >= 11 is 0. The maximum absolute atomic E-state index is 3.58. The van der Waals surface area contributed by atoms with Gasteiger partial charge in [0.2, 0.25) is 0 Å². The predicted octanol–water partition coefficient (Wildman–Crippen LogP) is 0.764. The zero-order chi connectivity index (χ0) is 10.7. The Morgan fingerprint density at radius 1 is 1.33 bits per heavy atom. The Balaban J connectivity index is 1.76. The van der Waals surface area contributed by atoms with Crippen LogP contribution in [0.3, 0.4) is 0 Å². The lowest BCUT2D eigenvalue weighted by atomic mass is 10.0. The van der Waals surface area contributed by atoms with E-state index in [4.69, 9.17) is 0 Å². The molecule has 2 fully saturated rings. The number of piperidine rings is 1. The van der Waals surface area contributed by atoms with Gasteiger partial charge in [-0.25, -0.2) is 0 Å². The summed E-state index contributed by atoms with van der Waals surface area (Å²) in [6.07, 6.45) is 5.48. The quantitative estimate of drug-likeness (QED) is 0.744.